The van der Waals surface area contributed by atoms with Crippen molar-refractivity contribution in [1.29, 1.82) is 5.26 Å². The largest absolute Gasteiger partial charge is 0.345 e. The minimum Gasteiger partial charge on any atom is -0.345 e. The predicted octanol–water partition coefficient (Wildman–Crippen LogP) is 3.59. The Hall–Kier alpha value is -2.06. The summed E-state index contributed by atoms with van der Waals surface area (Å²) in [5.41, 5.74) is 1.16. The number of rotatable bonds is 4. The fourth-order valence-corrected chi connectivity index (χ4v) is 4.04. The zero-order chi connectivity index (χ0) is 16.2. The van der Waals surface area contributed by atoms with E-state index in [9.17, 15) is 4.79 Å². The van der Waals surface area contributed by atoms with Gasteiger partial charge in [-0.3, -0.25) is 4.79 Å². The maximum absolute atomic E-state index is 12.9. The maximum atomic E-state index is 12.9. The fraction of sp³-hybridized carbons (Fsp3) is 0.444. The molecule has 23 heavy (non-hydrogen) atoms. The molecule has 0 aromatic carbocycles. The summed E-state index contributed by atoms with van der Waals surface area (Å²) in [7, 11) is 1.83. The number of thiophene rings is 1. The summed E-state index contributed by atoms with van der Waals surface area (Å²) < 4.78 is 1.77. The molecule has 0 N–H and O–H groups in total. The Morgan fingerprint density at radius 3 is 3.04 bits per heavy atom. The normalized spacial score (nSPS) is 17.9. The average Bonchev–Trinajstić information content (AvgIpc) is 3.22. The van der Waals surface area contributed by atoms with Crippen LogP contribution in [0.4, 0.5) is 0 Å². The minimum absolute atomic E-state index is 0.0601. The third kappa shape index (κ3) is 3.48. The lowest BCUT2D eigenvalue weighted by Gasteiger charge is -2.36. The van der Waals surface area contributed by atoms with Crippen molar-refractivity contribution in [3.05, 3.63) is 45.9 Å². The van der Waals surface area contributed by atoms with E-state index >= 15 is 0 Å². The van der Waals surface area contributed by atoms with Gasteiger partial charge in [0.2, 0.25) is 0 Å². The van der Waals surface area contributed by atoms with Crippen LogP contribution in [-0.2, 0) is 13.5 Å². The first kappa shape index (κ1) is 15.8. The van der Waals surface area contributed by atoms with E-state index in [2.05, 4.69) is 23.6 Å². The van der Waals surface area contributed by atoms with Gasteiger partial charge in [0.25, 0.3) is 5.91 Å². The highest BCUT2D eigenvalue weighted by Gasteiger charge is 2.28. The minimum atomic E-state index is 0.0601. The van der Waals surface area contributed by atoms with E-state index in [1.54, 1.807) is 28.2 Å². The van der Waals surface area contributed by atoms with Crippen LogP contribution >= 0.6 is 11.3 Å². The number of nitriles is 1. The average molecular weight is 327 g/mol. The van der Waals surface area contributed by atoms with Gasteiger partial charge in [0, 0.05) is 30.7 Å². The Morgan fingerprint density at radius 2 is 2.35 bits per heavy atom. The quantitative estimate of drug-likeness (QED) is 0.861. The third-order valence-corrected chi connectivity index (χ3v) is 5.48. The lowest BCUT2D eigenvalue weighted by molar-refractivity contribution is 0.0592. The van der Waals surface area contributed by atoms with Crippen LogP contribution < -0.4 is 0 Å². The van der Waals surface area contributed by atoms with Gasteiger partial charge >= 0.3 is 0 Å². The predicted molar refractivity (Wildman–Crippen MR) is 91.4 cm³/mol. The summed E-state index contributed by atoms with van der Waals surface area (Å²) in [6.45, 7) is 0.820. The summed E-state index contributed by atoms with van der Waals surface area (Å²) in [5, 5.41) is 11.1. The van der Waals surface area contributed by atoms with Crippen LogP contribution in [0.2, 0.25) is 0 Å². The van der Waals surface area contributed by atoms with Crippen molar-refractivity contribution in [2.45, 2.75) is 38.1 Å². The first-order valence-electron chi connectivity index (χ1n) is 8.09. The Kier molecular flexibility index (Phi) is 4.82. The first-order chi connectivity index (χ1) is 11.2. The second kappa shape index (κ2) is 7.01. The third-order valence-electron chi connectivity index (χ3n) is 4.55. The number of carbonyl (C=O) groups is 1. The lowest BCUT2D eigenvalue weighted by atomic mass is 9.97. The molecule has 1 fully saturated rings. The summed E-state index contributed by atoms with van der Waals surface area (Å²) in [6, 6.07) is 8.36. The Morgan fingerprint density at radius 1 is 1.48 bits per heavy atom. The first-order valence-corrected chi connectivity index (χ1v) is 8.97. The van der Waals surface area contributed by atoms with Crippen LogP contribution in [0.1, 0.15) is 46.6 Å². The number of hydrogen-bond acceptors (Lipinski definition) is 3. The van der Waals surface area contributed by atoms with Crippen molar-refractivity contribution < 1.29 is 4.79 Å². The maximum Gasteiger partial charge on any atom is 0.270 e. The summed E-state index contributed by atoms with van der Waals surface area (Å²) in [5.74, 6) is 0.0601. The number of carbonyl (C=O) groups excluding carboxylic acids is 1. The molecule has 2 aromatic heterocycles. The second-order valence-electron chi connectivity index (χ2n) is 6.10. The summed E-state index contributed by atoms with van der Waals surface area (Å²) in [4.78, 5) is 16.3. The van der Waals surface area contributed by atoms with Gasteiger partial charge in [-0.2, -0.15) is 5.26 Å². The molecule has 1 unspecified atom stereocenters. The van der Waals surface area contributed by atoms with Crippen LogP contribution in [0.25, 0.3) is 0 Å². The number of aryl methyl sites for hydroxylation is 2. The van der Waals surface area contributed by atoms with E-state index in [1.807, 2.05) is 11.9 Å². The van der Waals surface area contributed by atoms with E-state index < -0.39 is 0 Å². The standard InChI is InChI=1S/C18H21N3OS/c1-20-13-14(12-19)11-17(20)18(22)21-9-3-2-5-15(21)7-8-16-6-4-10-23-16/h4,6,10-11,13,15H,2-3,5,7-9H2,1H3. The van der Waals surface area contributed by atoms with Gasteiger partial charge < -0.3 is 9.47 Å². The molecule has 0 bridgehead atoms. The number of piperidine rings is 1. The molecule has 5 heteroatoms. The van der Waals surface area contributed by atoms with E-state index in [4.69, 9.17) is 5.26 Å². The molecule has 120 valence electrons. The van der Waals surface area contributed by atoms with Crippen molar-refractivity contribution in [3.63, 3.8) is 0 Å². The molecule has 1 aliphatic rings. The zero-order valence-electron chi connectivity index (χ0n) is 13.4. The molecule has 0 saturated carbocycles. The Balaban J connectivity index is 1.73. The molecular weight excluding hydrogens is 306 g/mol. The Bertz CT molecular complexity index is 711. The molecule has 4 nitrogen and oxygen atoms in total. The monoisotopic (exact) mass is 327 g/mol. The SMILES string of the molecule is Cn1cc(C#N)cc1C(=O)N1CCCCC1CCc1cccs1. The van der Waals surface area contributed by atoms with Crippen LogP contribution in [-0.4, -0.2) is 28.0 Å². The molecule has 0 aliphatic carbocycles. The van der Waals surface area contributed by atoms with Crippen molar-refractivity contribution in [2.24, 2.45) is 7.05 Å². The highest BCUT2D eigenvalue weighted by molar-refractivity contribution is 7.09. The highest BCUT2D eigenvalue weighted by atomic mass is 32.1. The molecular formula is C18H21N3OS. The fourth-order valence-electron chi connectivity index (χ4n) is 3.32. The van der Waals surface area contributed by atoms with Crippen LogP contribution in [0, 0.1) is 11.3 Å². The van der Waals surface area contributed by atoms with E-state index in [0.29, 0.717) is 17.3 Å². The number of hydrogen-bond donors (Lipinski definition) is 0. The van der Waals surface area contributed by atoms with Crippen molar-refractivity contribution in [3.8, 4) is 6.07 Å². The van der Waals surface area contributed by atoms with Crippen LogP contribution in [0.5, 0.6) is 0 Å². The number of aromatic nitrogens is 1. The molecule has 1 saturated heterocycles. The second-order valence-corrected chi connectivity index (χ2v) is 7.14. The smallest absolute Gasteiger partial charge is 0.270 e. The van der Waals surface area contributed by atoms with Crippen LogP contribution in [0.15, 0.2) is 29.8 Å². The van der Waals surface area contributed by atoms with E-state index in [0.717, 1.165) is 32.2 Å². The molecule has 2 aromatic rings. The Labute approximate surface area is 141 Å². The van der Waals surface area contributed by atoms with Crippen molar-refractivity contribution in [2.75, 3.05) is 6.54 Å². The molecule has 1 aliphatic heterocycles. The summed E-state index contributed by atoms with van der Waals surface area (Å²) in [6.07, 6.45) is 7.10. The van der Waals surface area contributed by atoms with Gasteiger partial charge in [0.05, 0.1) is 5.56 Å². The molecule has 0 radical (unpaired) electrons. The van der Waals surface area contributed by atoms with Crippen molar-refractivity contribution >= 4 is 17.2 Å². The van der Waals surface area contributed by atoms with Crippen LogP contribution in [0.3, 0.4) is 0 Å². The van der Waals surface area contributed by atoms with Gasteiger partial charge in [-0.1, -0.05) is 6.07 Å². The number of amides is 1. The van der Waals surface area contributed by atoms with Gasteiger partial charge in [0.15, 0.2) is 0 Å². The molecule has 3 rings (SSSR count). The number of nitrogens with zero attached hydrogens (tertiary/aromatic N) is 3. The topological polar surface area (TPSA) is 49.0 Å². The van der Waals surface area contributed by atoms with Crippen molar-refractivity contribution in [1.82, 2.24) is 9.47 Å². The molecule has 1 amide bonds. The highest BCUT2D eigenvalue weighted by Crippen LogP contribution is 2.24. The van der Waals surface area contributed by atoms with Gasteiger partial charge in [-0.25, -0.2) is 0 Å². The van der Waals surface area contributed by atoms with Gasteiger partial charge in [0.1, 0.15) is 11.8 Å². The molecule has 1 atom stereocenters. The van der Waals surface area contributed by atoms with Gasteiger partial charge in [-0.15, -0.1) is 11.3 Å². The lowest BCUT2D eigenvalue weighted by Crippen LogP contribution is -2.44. The van der Waals surface area contributed by atoms with E-state index in [1.165, 1.54) is 11.3 Å². The summed E-state index contributed by atoms with van der Waals surface area (Å²) >= 11 is 1.78. The molecule has 0 spiro atoms. The molecule has 3 heterocycles. The zero-order valence-corrected chi connectivity index (χ0v) is 14.2. The van der Waals surface area contributed by atoms with E-state index in [-0.39, 0.29) is 5.91 Å². The van der Waals surface area contributed by atoms with Gasteiger partial charge in [-0.05, 0) is 49.6 Å². The number of likely N-dealkylation sites (tertiary alicyclic amines) is 1.